The summed E-state index contributed by atoms with van der Waals surface area (Å²) in [4.78, 5) is 43.7. The van der Waals surface area contributed by atoms with Gasteiger partial charge in [0.15, 0.2) is 15.6 Å². The minimum Gasteiger partial charge on any atom is -0.346 e. The van der Waals surface area contributed by atoms with E-state index in [-0.39, 0.29) is 42.7 Å². The molecule has 0 aliphatic heterocycles. The Labute approximate surface area is 273 Å². The molecule has 0 aliphatic rings. The highest BCUT2D eigenvalue weighted by molar-refractivity contribution is 7.93. The molecular weight excluding hydrogens is 602 g/mol. The lowest BCUT2D eigenvalue weighted by Crippen LogP contribution is -2.46. The Morgan fingerprint density at radius 2 is 1.46 bits per heavy atom. The number of allylic oxidation sites excluding steroid dienone is 1. The van der Waals surface area contributed by atoms with Gasteiger partial charge in [-0.3, -0.25) is 14.4 Å². The molecule has 0 fully saturated rings. The summed E-state index contributed by atoms with van der Waals surface area (Å²) in [5.41, 5.74) is 17.6. The van der Waals surface area contributed by atoms with Gasteiger partial charge in [0, 0.05) is 41.9 Å². The van der Waals surface area contributed by atoms with E-state index in [0.717, 1.165) is 28.4 Å². The van der Waals surface area contributed by atoms with Gasteiger partial charge in [0.05, 0.1) is 6.04 Å². The number of ketones is 2. The summed E-state index contributed by atoms with van der Waals surface area (Å²) in [6, 6.07) is 15.1. The first-order valence-corrected chi connectivity index (χ1v) is 17.8. The maximum absolute atomic E-state index is 13.8. The first kappa shape index (κ1) is 38.4. The number of benzene rings is 2. The van der Waals surface area contributed by atoms with Crippen LogP contribution in [0.15, 0.2) is 71.2 Å². The minimum absolute atomic E-state index is 0.0200. The summed E-state index contributed by atoms with van der Waals surface area (Å²) in [7, 11) is -3.42. The largest absolute Gasteiger partial charge is 0.346 e. The van der Waals surface area contributed by atoms with Crippen LogP contribution in [0.25, 0.3) is 10.4 Å². The molecular formula is C35H49N5O5S. The maximum Gasteiger partial charge on any atom is 0.224 e. The molecule has 250 valence electrons. The fourth-order valence-electron chi connectivity index (χ4n) is 5.36. The number of nitrogens with zero attached hydrogens (tertiary/aromatic N) is 3. The molecule has 0 heterocycles. The van der Waals surface area contributed by atoms with E-state index in [1.165, 1.54) is 0 Å². The lowest BCUT2D eigenvalue weighted by atomic mass is 9.87. The molecule has 3 N–H and O–H groups in total. The summed E-state index contributed by atoms with van der Waals surface area (Å²) in [5.74, 6) is -1.92. The molecule has 0 saturated heterocycles. The van der Waals surface area contributed by atoms with Crippen molar-refractivity contribution in [1.82, 2.24) is 5.32 Å². The number of rotatable bonds is 20. The summed E-state index contributed by atoms with van der Waals surface area (Å²) >= 11 is 0. The zero-order valence-electron chi connectivity index (χ0n) is 27.6. The zero-order chi connectivity index (χ0) is 34.3. The van der Waals surface area contributed by atoms with Crippen molar-refractivity contribution in [3.8, 4) is 0 Å². The van der Waals surface area contributed by atoms with E-state index in [1.807, 2.05) is 82.3 Å². The fourth-order valence-corrected chi connectivity index (χ4v) is 5.87. The minimum atomic E-state index is -3.42. The van der Waals surface area contributed by atoms with E-state index in [0.29, 0.717) is 25.8 Å². The van der Waals surface area contributed by atoms with E-state index < -0.39 is 39.7 Å². The summed E-state index contributed by atoms with van der Waals surface area (Å²) < 4.78 is 23.9. The maximum atomic E-state index is 13.8. The number of nitrogens with one attached hydrogen (secondary N) is 1. The number of carbonyl (C=O) groups excluding carboxylic acids is 3. The molecule has 2 aromatic rings. The average molecular weight is 652 g/mol. The molecule has 0 saturated carbocycles. The smallest absolute Gasteiger partial charge is 0.224 e. The van der Waals surface area contributed by atoms with Crippen LogP contribution in [0, 0.1) is 23.7 Å². The van der Waals surface area contributed by atoms with Crippen LogP contribution in [0.4, 0.5) is 0 Å². The molecule has 4 atom stereocenters. The molecule has 11 heteroatoms. The zero-order valence-corrected chi connectivity index (χ0v) is 28.4. The highest BCUT2D eigenvalue weighted by atomic mass is 32.2. The van der Waals surface area contributed by atoms with Crippen molar-refractivity contribution in [2.45, 2.75) is 84.8 Å². The number of nitrogens with two attached hydrogens (primary N) is 1. The van der Waals surface area contributed by atoms with Crippen LogP contribution >= 0.6 is 0 Å². The average Bonchev–Trinajstić information content (AvgIpc) is 2.99. The monoisotopic (exact) mass is 651 g/mol. The number of amides is 1. The van der Waals surface area contributed by atoms with Crippen molar-refractivity contribution in [2.75, 3.05) is 6.26 Å². The molecule has 0 radical (unpaired) electrons. The van der Waals surface area contributed by atoms with Gasteiger partial charge >= 0.3 is 0 Å². The fraction of sp³-hybridized carbons (Fsp3) is 0.514. The molecule has 0 aliphatic carbocycles. The standard InChI is InChI=1S/C35H49N5O5S/c1-24(2)17-30(22-34(42)32(39-40-37)20-26-9-7-6-8-10-26)35(43)38-31(18-25(3)4)33(41)21-29(15-16-46(5,44)45)19-27-11-13-28(23-36)14-12-27/h6-16,24-25,29-32H,17-23,36H2,1-5H3,(H,38,43)/b16-15+/t29-,30-,31+,32+/m1/s1. The number of hydrogen-bond donors (Lipinski definition) is 2. The van der Waals surface area contributed by atoms with Crippen molar-refractivity contribution in [2.24, 2.45) is 34.5 Å². The topological polar surface area (TPSA) is 172 Å². The molecule has 0 bridgehead atoms. The van der Waals surface area contributed by atoms with Crippen molar-refractivity contribution in [3.63, 3.8) is 0 Å². The van der Waals surface area contributed by atoms with Gasteiger partial charge in [-0.25, -0.2) is 8.42 Å². The highest BCUT2D eigenvalue weighted by Crippen LogP contribution is 2.22. The van der Waals surface area contributed by atoms with Crippen molar-refractivity contribution in [1.29, 1.82) is 0 Å². The van der Waals surface area contributed by atoms with Gasteiger partial charge in [-0.05, 0) is 65.7 Å². The van der Waals surface area contributed by atoms with Crippen molar-refractivity contribution < 1.29 is 22.8 Å². The first-order chi connectivity index (χ1) is 21.7. The van der Waals surface area contributed by atoms with Gasteiger partial charge in [-0.1, -0.05) is 93.5 Å². The van der Waals surface area contributed by atoms with Gasteiger partial charge in [0.1, 0.15) is 11.8 Å². The Morgan fingerprint density at radius 1 is 0.870 bits per heavy atom. The van der Waals surface area contributed by atoms with Crippen LogP contribution in [0.3, 0.4) is 0 Å². The van der Waals surface area contributed by atoms with E-state index in [9.17, 15) is 22.8 Å². The van der Waals surface area contributed by atoms with Crippen LogP contribution in [0.5, 0.6) is 0 Å². The third kappa shape index (κ3) is 14.5. The van der Waals surface area contributed by atoms with Crippen molar-refractivity contribution >= 4 is 27.3 Å². The van der Waals surface area contributed by atoms with E-state index >= 15 is 0 Å². The van der Waals surface area contributed by atoms with E-state index in [2.05, 4.69) is 15.3 Å². The Kier molecular flexibility index (Phi) is 15.9. The predicted octanol–water partition coefficient (Wildman–Crippen LogP) is 5.90. The van der Waals surface area contributed by atoms with Gasteiger partial charge in [-0.15, -0.1) is 0 Å². The molecule has 46 heavy (non-hydrogen) atoms. The number of azide groups is 1. The van der Waals surface area contributed by atoms with Crippen molar-refractivity contribution in [3.05, 3.63) is 93.2 Å². The number of sulfone groups is 1. The number of Topliss-reactive ketones (excluding diaryl/α,β-unsaturated/α-hetero) is 2. The van der Waals surface area contributed by atoms with E-state index in [1.54, 1.807) is 6.08 Å². The SMILES string of the molecule is CC(C)C[C@H](CC(=O)[C@H](Cc1ccccc1)N=[N+]=[N-])C(=O)N[C@@H](CC(C)C)C(=O)C[C@H](/C=C/S(C)(=O)=O)Cc1ccc(CN)cc1. The quantitative estimate of drug-likeness (QED) is 0.103. The van der Waals surface area contributed by atoms with Crippen LogP contribution in [-0.4, -0.2) is 44.2 Å². The van der Waals surface area contributed by atoms with Crippen LogP contribution in [0.2, 0.25) is 0 Å². The Bertz CT molecular complexity index is 1470. The first-order valence-electron chi connectivity index (χ1n) is 15.8. The van der Waals surface area contributed by atoms with Crippen LogP contribution in [-0.2, 0) is 43.6 Å². The normalized spacial score (nSPS) is 14.4. The number of carbonyl (C=O) groups is 3. The third-order valence-corrected chi connectivity index (χ3v) is 8.29. The van der Waals surface area contributed by atoms with E-state index in [4.69, 9.17) is 11.3 Å². The van der Waals surface area contributed by atoms with Gasteiger partial charge in [0.25, 0.3) is 0 Å². The summed E-state index contributed by atoms with van der Waals surface area (Å²) in [6.07, 6.45) is 3.99. The number of hydrogen-bond acceptors (Lipinski definition) is 7. The second-order valence-electron chi connectivity index (χ2n) is 12.9. The molecule has 2 aromatic carbocycles. The highest BCUT2D eigenvalue weighted by Gasteiger charge is 2.31. The van der Waals surface area contributed by atoms with Crippen LogP contribution in [0.1, 0.15) is 70.1 Å². The Morgan fingerprint density at radius 3 is 2.00 bits per heavy atom. The second-order valence-corrected chi connectivity index (χ2v) is 14.8. The van der Waals surface area contributed by atoms with Crippen LogP contribution < -0.4 is 11.1 Å². The lowest BCUT2D eigenvalue weighted by Gasteiger charge is -2.25. The predicted molar refractivity (Wildman–Crippen MR) is 182 cm³/mol. The van der Waals surface area contributed by atoms with Gasteiger partial charge in [-0.2, -0.15) is 0 Å². The molecule has 1 amide bonds. The molecule has 0 unspecified atom stereocenters. The molecule has 0 aromatic heterocycles. The molecule has 2 rings (SSSR count). The van der Waals surface area contributed by atoms with Gasteiger partial charge in [0.2, 0.25) is 5.91 Å². The van der Waals surface area contributed by atoms with Gasteiger partial charge < -0.3 is 11.1 Å². The third-order valence-electron chi connectivity index (χ3n) is 7.64. The Hall–Kier alpha value is -3.79. The summed E-state index contributed by atoms with van der Waals surface area (Å²) in [5, 5.41) is 7.80. The lowest BCUT2D eigenvalue weighted by molar-refractivity contribution is -0.133. The molecule has 10 nitrogen and oxygen atoms in total. The summed E-state index contributed by atoms with van der Waals surface area (Å²) in [6.45, 7) is 8.21. The Balaban J connectivity index is 2.27. The second kappa shape index (κ2) is 19.0. The molecule has 0 spiro atoms.